The highest BCUT2D eigenvalue weighted by molar-refractivity contribution is 5.87. The third kappa shape index (κ3) is 3.48. The predicted molar refractivity (Wildman–Crippen MR) is 122 cm³/mol. The molecule has 0 radical (unpaired) electrons. The quantitative estimate of drug-likeness (QED) is 0.497. The smallest absolute Gasteiger partial charge is 0.166 e. The summed E-state index contributed by atoms with van der Waals surface area (Å²) in [6.07, 6.45) is 3.72. The molecule has 0 saturated carbocycles. The van der Waals surface area contributed by atoms with Crippen molar-refractivity contribution in [3.63, 3.8) is 0 Å². The Bertz CT molecular complexity index is 1250. The molecule has 1 aliphatic rings. The highest BCUT2D eigenvalue weighted by Crippen LogP contribution is 2.30. The lowest BCUT2D eigenvalue weighted by atomic mass is 10.1. The lowest BCUT2D eigenvalue weighted by Gasteiger charge is -2.28. The molecule has 1 aliphatic heterocycles. The molecule has 0 unspecified atom stereocenters. The zero-order valence-corrected chi connectivity index (χ0v) is 17.8. The summed E-state index contributed by atoms with van der Waals surface area (Å²) < 4.78 is 9.44. The second-order valence-electron chi connectivity index (χ2n) is 7.52. The van der Waals surface area contributed by atoms with Crippen LogP contribution in [0.25, 0.3) is 39.9 Å². The number of nitrogens with zero attached hydrogens (tertiary/aromatic N) is 7. The van der Waals surface area contributed by atoms with Gasteiger partial charge in [0.1, 0.15) is 5.82 Å². The van der Waals surface area contributed by atoms with E-state index in [2.05, 4.69) is 40.2 Å². The molecule has 5 rings (SSSR count). The normalized spacial score (nSPS) is 14.3. The maximum Gasteiger partial charge on any atom is 0.166 e. The van der Waals surface area contributed by atoms with Gasteiger partial charge in [-0.05, 0) is 25.1 Å². The van der Waals surface area contributed by atoms with Gasteiger partial charge in [0.05, 0.1) is 18.9 Å². The summed E-state index contributed by atoms with van der Waals surface area (Å²) in [5, 5.41) is 4.53. The number of aromatic nitrogens is 6. The molecule has 0 N–H and O–H groups in total. The number of benzene rings is 1. The first kappa shape index (κ1) is 19.4. The van der Waals surface area contributed by atoms with Gasteiger partial charge in [-0.2, -0.15) is 5.10 Å². The summed E-state index contributed by atoms with van der Waals surface area (Å²) in [5.41, 5.74) is 4.54. The Morgan fingerprint density at radius 2 is 1.90 bits per heavy atom. The molecule has 8 nitrogen and oxygen atoms in total. The van der Waals surface area contributed by atoms with E-state index in [0.717, 1.165) is 59.3 Å². The highest BCUT2D eigenvalue weighted by atomic mass is 16.5. The van der Waals surface area contributed by atoms with Crippen LogP contribution in [0.2, 0.25) is 0 Å². The van der Waals surface area contributed by atoms with Crippen LogP contribution in [0.4, 0.5) is 5.82 Å². The molecule has 1 aromatic carbocycles. The van der Waals surface area contributed by atoms with Crippen molar-refractivity contribution in [1.82, 2.24) is 29.3 Å². The van der Waals surface area contributed by atoms with E-state index in [4.69, 9.17) is 19.7 Å². The van der Waals surface area contributed by atoms with Gasteiger partial charge in [0.25, 0.3) is 0 Å². The maximum absolute atomic E-state index is 5.55. The average molecular weight is 416 g/mol. The van der Waals surface area contributed by atoms with Gasteiger partial charge in [-0.25, -0.2) is 15.0 Å². The minimum Gasteiger partial charge on any atom is -0.378 e. The number of anilines is 1. The number of hydrogen-bond acceptors (Lipinski definition) is 6. The molecular formula is C23H25N7O. The second-order valence-corrected chi connectivity index (χ2v) is 7.52. The highest BCUT2D eigenvalue weighted by Gasteiger charge is 2.22. The summed E-state index contributed by atoms with van der Waals surface area (Å²) in [7, 11) is 1.92. The standard InChI is InChI=1S/C23H25N7O/c1-4-19-24-20-22(29-11-13-31-14-12-29)25-21(26-23(20)30(19)5-2)17-8-6-7-16(15-17)18-9-10-28(3)27-18/h4,6-10,15H,1,5,11-14H2,2-3H3. The molecule has 31 heavy (non-hydrogen) atoms. The van der Waals surface area contributed by atoms with Crippen molar-refractivity contribution in [3.8, 4) is 22.6 Å². The van der Waals surface area contributed by atoms with Crippen molar-refractivity contribution >= 4 is 23.1 Å². The van der Waals surface area contributed by atoms with Crippen LogP contribution in [0, 0.1) is 0 Å². The van der Waals surface area contributed by atoms with Crippen LogP contribution in [-0.2, 0) is 18.3 Å². The fourth-order valence-corrected chi connectivity index (χ4v) is 3.98. The molecule has 0 spiro atoms. The van der Waals surface area contributed by atoms with Crippen LogP contribution in [0.5, 0.6) is 0 Å². The molecule has 3 aromatic heterocycles. The van der Waals surface area contributed by atoms with Gasteiger partial charge >= 0.3 is 0 Å². The third-order valence-electron chi connectivity index (χ3n) is 5.55. The molecule has 0 bridgehead atoms. The predicted octanol–water partition coefficient (Wildman–Crippen LogP) is 3.39. The van der Waals surface area contributed by atoms with Gasteiger partial charge in [0, 0.05) is 44.0 Å². The fourth-order valence-electron chi connectivity index (χ4n) is 3.98. The topological polar surface area (TPSA) is 73.9 Å². The van der Waals surface area contributed by atoms with Crippen LogP contribution in [0.3, 0.4) is 0 Å². The molecule has 4 aromatic rings. The average Bonchev–Trinajstić information content (AvgIpc) is 3.42. The van der Waals surface area contributed by atoms with Crippen LogP contribution < -0.4 is 4.90 Å². The Morgan fingerprint density at radius 1 is 1.10 bits per heavy atom. The summed E-state index contributed by atoms with van der Waals surface area (Å²) in [6.45, 7) is 9.69. The van der Waals surface area contributed by atoms with Crippen molar-refractivity contribution in [2.45, 2.75) is 13.5 Å². The largest absolute Gasteiger partial charge is 0.378 e. The first-order chi connectivity index (χ1) is 15.2. The van der Waals surface area contributed by atoms with Crippen LogP contribution in [0.15, 0.2) is 43.1 Å². The second kappa shape index (κ2) is 7.96. The lowest BCUT2D eigenvalue weighted by molar-refractivity contribution is 0.122. The van der Waals surface area contributed by atoms with Gasteiger partial charge in [0.15, 0.2) is 22.8 Å². The number of rotatable bonds is 5. The first-order valence-corrected chi connectivity index (χ1v) is 10.5. The van der Waals surface area contributed by atoms with Crippen molar-refractivity contribution in [3.05, 3.63) is 48.9 Å². The number of morpholine rings is 1. The van der Waals surface area contributed by atoms with Crippen LogP contribution in [-0.4, -0.2) is 55.6 Å². The van der Waals surface area contributed by atoms with Gasteiger partial charge in [-0.15, -0.1) is 0 Å². The van der Waals surface area contributed by atoms with Crippen LogP contribution >= 0.6 is 0 Å². The summed E-state index contributed by atoms with van der Waals surface area (Å²) in [4.78, 5) is 17.0. The van der Waals surface area contributed by atoms with E-state index in [0.29, 0.717) is 19.0 Å². The monoisotopic (exact) mass is 415 g/mol. The molecule has 8 heteroatoms. The van der Waals surface area contributed by atoms with E-state index in [1.807, 2.05) is 31.4 Å². The molecule has 158 valence electrons. The lowest BCUT2D eigenvalue weighted by Crippen LogP contribution is -2.37. The van der Waals surface area contributed by atoms with E-state index in [1.54, 1.807) is 10.8 Å². The van der Waals surface area contributed by atoms with E-state index in [9.17, 15) is 0 Å². The summed E-state index contributed by atoms with van der Waals surface area (Å²) in [6, 6.07) is 10.2. The Hall–Kier alpha value is -3.52. The summed E-state index contributed by atoms with van der Waals surface area (Å²) in [5.74, 6) is 2.33. The molecule has 0 atom stereocenters. The molecule has 1 saturated heterocycles. The summed E-state index contributed by atoms with van der Waals surface area (Å²) >= 11 is 0. The zero-order chi connectivity index (χ0) is 21.4. The molecule has 1 fully saturated rings. The third-order valence-corrected chi connectivity index (χ3v) is 5.55. The van der Waals surface area contributed by atoms with Crippen molar-refractivity contribution in [2.75, 3.05) is 31.2 Å². The Balaban J connectivity index is 1.69. The van der Waals surface area contributed by atoms with E-state index >= 15 is 0 Å². The van der Waals surface area contributed by atoms with Gasteiger partial charge in [0.2, 0.25) is 0 Å². The van der Waals surface area contributed by atoms with Gasteiger partial charge < -0.3 is 14.2 Å². The van der Waals surface area contributed by atoms with Crippen molar-refractivity contribution in [2.24, 2.45) is 7.05 Å². The van der Waals surface area contributed by atoms with Gasteiger partial charge in [-0.3, -0.25) is 4.68 Å². The number of aryl methyl sites for hydroxylation is 2. The number of fused-ring (bicyclic) bond motifs is 1. The van der Waals surface area contributed by atoms with Crippen molar-refractivity contribution in [1.29, 1.82) is 0 Å². The Kier molecular flexibility index (Phi) is 4.99. The molecule has 4 heterocycles. The number of ether oxygens (including phenoxy) is 1. The van der Waals surface area contributed by atoms with E-state index < -0.39 is 0 Å². The molecule has 0 aliphatic carbocycles. The fraction of sp³-hybridized carbons (Fsp3) is 0.304. The first-order valence-electron chi connectivity index (χ1n) is 10.5. The SMILES string of the molecule is C=Cc1nc2c(N3CCOCC3)nc(-c3cccc(-c4ccn(C)n4)c3)nc2n1CC. The van der Waals surface area contributed by atoms with Gasteiger partial charge in [-0.1, -0.05) is 24.8 Å². The Morgan fingerprint density at radius 3 is 2.61 bits per heavy atom. The number of hydrogen-bond donors (Lipinski definition) is 0. The molecule has 0 amide bonds. The maximum atomic E-state index is 5.55. The Labute approximate surface area is 180 Å². The van der Waals surface area contributed by atoms with E-state index in [-0.39, 0.29) is 0 Å². The minimum atomic E-state index is 0.678. The van der Waals surface area contributed by atoms with E-state index in [1.165, 1.54) is 0 Å². The van der Waals surface area contributed by atoms with Crippen molar-refractivity contribution < 1.29 is 4.74 Å². The van der Waals surface area contributed by atoms with Crippen LogP contribution in [0.1, 0.15) is 12.7 Å². The number of imidazole rings is 1. The molecular weight excluding hydrogens is 390 g/mol. The minimum absolute atomic E-state index is 0.678. The zero-order valence-electron chi connectivity index (χ0n) is 17.8.